The van der Waals surface area contributed by atoms with Crippen LogP contribution in [0.2, 0.25) is 45.3 Å². The van der Waals surface area contributed by atoms with E-state index in [1.165, 1.54) is 20.0 Å². The molecule has 0 saturated heterocycles. The third-order valence-electron chi connectivity index (χ3n) is 12.8. The summed E-state index contributed by atoms with van der Waals surface area (Å²) < 4.78 is 647. The minimum absolute atomic E-state index is 0.0470. The molecule has 614 valence electrons. The van der Waals surface area contributed by atoms with Crippen LogP contribution in [0.5, 0.6) is 0 Å². The maximum Gasteiger partial charge on any atom is 0.533 e. The fourth-order valence-corrected chi connectivity index (χ4v) is 602. The summed E-state index contributed by atoms with van der Waals surface area (Å²) >= 11 is 0. The first-order chi connectivity index (χ1) is 53.9. The van der Waals surface area contributed by atoms with Crippen LogP contribution in [0.15, 0.2) is 12.2 Å². The van der Waals surface area contributed by atoms with Gasteiger partial charge in [-0.25, -0.2) is 4.79 Å². The van der Waals surface area contributed by atoms with E-state index in [0.717, 1.165) is 13.1 Å². The Hall–Kier alpha value is 0.408. The van der Waals surface area contributed by atoms with Crippen LogP contribution in [0.4, 0.5) is 0 Å². The van der Waals surface area contributed by atoms with E-state index in [-0.39, 0.29) is 18.6 Å². The minimum Gasteiger partial charge on any atom is -0.558 e. The van der Waals surface area contributed by atoms with Crippen LogP contribution in [0.25, 0.3) is 0 Å². The van der Waals surface area contributed by atoms with Crippen molar-refractivity contribution >= 4 is 410 Å². The molecule has 0 saturated carbocycles. The zero-order valence-electron chi connectivity index (χ0n) is 58.9. The van der Waals surface area contributed by atoms with Crippen molar-refractivity contribution in [2.45, 2.75) is 58.7 Å². The van der Waals surface area contributed by atoms with Crippen LogP contribution in [-0.2, 0) is 236 Å². The topological polar surface area (TPSA) is 901 Å². The van der Waals surface area contributed by atoms with Crippen molar-refractivity contribution in [1.29, 1.82) is 0 Å². The molecule has 0 aliphatic heterocycles. The Bertz CT molecular complexity index is 5470. The Kier molecular flexibility index (Phi) is 52.0. The molecular weight excluding hydrogens is 2480 g/mol. The molecule has 0 amide bonds. The molecule has 0 spiro atoms. The first kappa shape index (κ1) is 119. The molecule has 0 atom stereocenters. The highest BCUT2D eigenvalue weighted by molar-refractivity contribution is 7.87. The van der Waals surface area contributed by atoms with E-state index in [1.54, 1.807) is 13.1 Å². The summed E-state index contributed by atoms with van der Waals surface area (Å²) in [5, 5.41) is 0. The van der Waals surface area contributed by atoms with Gasteiger partial charge in [0, 0.05) is 5.57 Å². The molecule has 0 aromatic heterocycles. The number of hydrogen-bond acceptors (Lipinski definition) is 54. The molecule has 0 bridgehead atoms. The van der Waals surface area contributed by atoms with Crippen LogP contribution >= 0.6 is 0 Å². The molecule has 0 heterocycles. The Labute approximate surface area is 719 Å². The highest BCUT2D eigenvalue weighted by atomic mass is 30.2. The van der Waals surface area contributed by atoms with Crippen molar-refractivity contribution in [2.75, 3.05) is 6.61 Å². The summed E-state index contributed by atoms with van der Waals surface area (Å²) in [5.41, 5.74) is 0.125. The zero-order valence-corrected chi connectivity index (χ0v) is 111. The SMILES string of the molecule is C=C(C)C(=O)OCCC[Si](C)(C)O[Si](C)(C)O[Si](=O)[Si](=O)[Si](=O)[Si](=O)[Si](=O)[Si](=O)[Si](=O)[Si](=O)[Si](=O)[Si](=O)[Si](=O)[Si](=O)[Si](=O)[Si](=O)[Si](=O)[Si](=O)[Si](=O)[Si](=O)[Si](=O)[Si](=O)[Si](=O)[Si](=O)[Si](=O)[Si](=O)[Si](=O)[Si](=O)[Si](=O)[Si](=O)[Si](=O)[Si](=O)[Si](=O)[Si](=O)[Si](=O)[Si](=O)[Si](=O)[Si](=O)[Si](=O)[Si](=O)[Si](=O)[Si](=O)[Si](=O)[Si](=O)[Si](=O)[Si](=O)[Si](=O)[Si](=O)[Si](=O)[Si](=O)[Si](=O)[Si](C)(C)O. The maximum atomic E-state index is 13.0. The third-order valence-corrected chi connectivity index (χ3v) is 411. The van der Waals surface area contributed by atoms with E-state index in [9.17, 15) is 228 Å². The molecule has 0 rings (SSSR count). The van der Waals surface area contributed by atoms with Gasteiger partial charge in [-0.3, -0.25) is 0 Å². The molecule has 0 aromatic rings. The molecule has 119 heavy (non-hydrogen) atoms. The second-order valence-electron chi connectivity index (χ2n) is 23.0. The van der Waals surface area contributed by atoms with Crippen LogP contribution < -0.4 is 0 Å². The maximum absolute atomic E-state index is 13.0. The highest BCUT2D eigenvalue weighted by Crippen LogP contribution is 2.21. The van der Waals surface area contributed by atoms with E-state index < -0.39 is 410 Å². The summed E-state index contributed by atoms with van der Waals surface area (Å²) in [7, 11) is -242. The first-order valence-electron chi connectivity index (χ1n) is 29.4. The second kappa shape index (κ2) is 51.9. The first-order valence-corrected chi connectivity index (χ1v) is 156. The summed E-state index contributed by atoms with van der Waals surface area (Å²) in [6, 6.07) is 0.315. The van der Waals surface area contributed by atoms with Crippen LogP contribution in [0.3, 0.4) is 0 Å². The summed E-state index contributed by atoms with van der Waals surface area (Å²) in [6.07, 6.45) is 0.277. The van der Waals surface area contributed by atoms with Gasteiger partial charge in [0.25, 0.3) is 0 Å². The monoisotopic (exact) mass is 2500 g/mol. The molecule has 0 unspecified atom stereocenters. The number of carbonyl (C=O) groups is 1. The molecule has 1 N–H and O–H groups in total. The van der Waals surface area contributed by atoms with Crippen molar-refractivity contribution in [3.8, 4) is 0 Å². The summed E-state index contributed by atoms with van der Waals surface area (Å²) in [6.45, 7) is 12.7. The van der Waals surface area contributed by atoms with E-state index >= 15 is 0 Å². The van der Waals surface area contributed by atoms with E-state index in [4.69, 9.17) is 13.0 Å². The second-order valence-corrected chi connectivity index (χ2v) is 274. The van der Waals surface area contributed by atoms with Crippen molar-refractivity contribution < 1.29 is 241 Å². The van der Waals surface area contributed by atoms with Crippen molar-refractivity contribution in [3.63, 3.8) is 0 Å². The zero-order chi connectivity index (χ0) is 94.2. The van der Waals surface area contributed by atoms with Crippen LogP contribution in [-0.4, -0.2) is 421 Å². The van der Waals surface area contributed by atoms with Gasteiger partial charge in [-0.05, 0) is 58.7 Å². The Morgan fingerprint density at radius 3 is 0.513 bits per heavy atom. The van der Waals surface area contributed by atoms with Gasteiger partial charge in [0.1, 0.15) is 0 Å². The standard InChI is InChI=1S/C13H30O54Si52/c1-12(2)13(14)65-10-9-11-117(3,4)67-119(7,8)66-68(15)69(16)70(17)71(18)72(19)73(20)74(21)75(22)76(23)77(24)78(25)79(26)80(27)81(28)82(29)83(30)84(31)85(32)86(33)87(34)88(35)89(36)90(37)91(38)92(39)93(40)94(41)95(42)96(43)97(44)98(45)99(46)100(47)101(48)102(49)103(50)104(51)105(52)106(53)107(54)108(55)109(56)110(57)111(58)112(59)113(60)114(61)115(62)116(63)118(5,6)64/h64H,1,9-11H2,2-8H3. The van der Waals surface area contributed by atoms with E-state index in [0.29, 0.717) is 6.04 Å². The van der Waals surface area contributed by atoms with Gasteiger partial charge in [-0.15, -0.1) is 0 Å². The quantitative estimate of drug-likeness (QED) is 0.0256. The summed E-state index contributed by atoms with van der Waals surface area (Å²) in [5.74, 6) is -0.668. The van der Waals surface area contributed by atoms with Crippen LogP contribution in [0, 0.1) is 0 Å². The molecule has 54 nitrogen and oxygen atoms in total. The third kappa shape index (κ3) is 32.7. The highest BCUT2D eigenvalue weighted by Gasteiger charge is 2.62. The fraction of sp³-hybridized carbons (Fsp3) is 0.769. The van der Waals surface area contributed by atoms with Crippen molar-refractivity contribution in [3.05, 3.63) is 12.2 Å². The fourth-order valence-electron chi connectivity index (χ4n) is 6.91. The smallest absolute Gasteiger partial charge is 0.533 e. The number of hydrogen-bond donors (Lipinski definition) is 1. The van der Waals surface area contributed by atoms with Crippen molar-refractivity contribution in [1.82, 2.24) is 0 Å². The number of esters is 1. The largest absolute Gasteiger partial charge is 0.558 e. The van der Waals surface area contributed by atoms with Gasteiger partial charge in [-0.1, -0.05) is 6.58 Å². The molecule has 106 heteroatoms. The van der Waals surface area contributed by atoms with Gasteiger partial charge in [0.05, 0.1) is 6.61 Å². The van der Waals surface area contributed by atoms with Gasteiger partial charge in [-0.2, -0.15) is 0 Å². The molecule has 0 aliphatic rings. The molecular formula is C13H30O54Si52. The minimum atomic E-state index is -4.97. The predicted octanol–water partition coefficient (Wildman–Crippen LogP) is -21.4. The van der Waals surface area contributed by atoms with Crippen LogP contribution in [0.1, 0.15) is 13.3 Å². The molecule has 0 fully saturated rings. The average Bonchev–Trinajstić information content (AvgIpc) is 0.817. The predicted molar refractivity (Wildman–Crippen MR) is 408 cm³/mol. The number of rotatable bonds is 58. The van der Waals surface area contributed by atoms with Gasteiger partial charge in [0.2, 0.25) is 7.83 Å². The van der Waals surface area contributed by atoms with Gasteiger partial charge in [0.15, 0.2) is 8.32 Å². The normalized spacial score (nSPS) is 10.5. The van der Waals surface area contributed by atoms with E-state index in [2.05, 4.69) is 6.58 Å². The summed E-state index contributed by atoms with van der Waals surface area (Å²) in [4.78, 5) is 21.5. The molecule has 0 aliphatic carbocycles. The molecule has 0 radical (unpaired) electrons. The van der Waals surface area contributed by atoms with E-state index in [1.807, 2.05) is 0 Å². The Morgan fingerprint density at radius 2 is 0.378 bits per heavy atom. The molecule has 0 aromatic carbocycles. The van der Waals surface area contributed by atoms with Gasteiger partial charge < -0.3 is 236 Å². The Balaban J connectivity index is 6.01. The lowest BCUT2D eigenvalue weighted by atomic mass is 10.4. The lowest BCUT2D eigenvalue weighted by Crippen LogP contribution is -2.58. The number of carbonyl (C=O) groups excluding carboxylic acids is 1. The number of ether oxygens (including phenoxy) is 1. The average molecular weight is 2510 g/mol. The lowest BCUT2D eigenvalue weighted by Gasteiger charge is -2.33. The van der Waals surface area contributed by atoms with Gasteiger partial charge >= 0.3 is 393 Å². The Morgan fingerprint density at radius 1 is 0.244 bits per heavy atom. The lowest BCUT2D eigenvalue weighted by molar-refractivity contribution is -0.139. The van der Waals surface area contributed by atoms with Crippen molar-refractivity contribution in [2.24, 2.45) is 0 Å².